The lowest BCUT2D eigenvalue weighted by molar-refractivity contribution is 0.0102. The third kappa shape index (κ3) is 3.94. The molecule has 2 unspecified atom stereocenters. The number of piperidine rings is 1. The lowest BCUT2D eigenvalue weighted by Gasteiger charge is -2.35. The molecule has 1 aromatic rings. The number of hydrogen-bond donors (Lipinski definition) is 0. The van der Waals surface area contributed by atoms with Crippen LogP contribution in [0.5, 0.6) is 0 Å². The van der Waals surface area contributed by atoms with Crippen molar-refractivity contribution in [2.45, 2.75) is 56.6 Å². The van der Waals surface area contributed by atoms with E-state index in [1.165, 1.54) is 4.31 Å². The summed E-state index contributed by atoms with van der Waals surface area (Å²) >= 11 is 0. The number of carbonyl (C=O) groups is 1. The summed E-state index contributed by atoms with van der Waals surface area (Å²) < 4.78 is 32.5. The van der Waals surface area contributed by atoms with E-state index in [4.69, 9.17) is 4.74 Å². The van der Waals surface area contributed by atoms with Crippen molar-refractivity contribution in [1.29, 1.82) is 0 Å². The van der Waals surface area contributed by atoms with Crippen LogP contribution in [0.15, 0.2) is 29.2 Å². The molecule has 2 fully saturated rings. The van der Waals surface area contributed by atoms with Gasteiger partial charge in [-0.1, -0.05) is 6.92 Å². The third-order valence-electron chi connectivity index (χ3n) is 5.30. The van der Waals surface area contributed by atoms with Crippen LogP contribution in [0.4, 0.5) is 0 Å². The number of sulfonamides is 1. The molecule has 2 aliphatic heterocycles. The Morgan fingerprint density at radius 1 is 1.19 bits per heavy atom. The van der Waals surface area contributed by atoms with E-state index in [9.17, 15) is 13.2 Å². The Balaban J connectivity index is 1.76. The molecule has 0 spiro atoms. The van der Waals surface area contributed by atoms with Gasteiger partial charge < -0.3 is 9.64 Å². The van der Waals surface area contributed by atoms with Crippen molar-refractivity contribution in [3.63, 3.8) is 0 Å². The molecule has 2 atom stereocenters. The van der Waals surface area contributed by atoms with Gasteiger partial charge in [-0.05, 0) is 56.9 Å². The molecule has 2 saturated heterocycles. The highest BCUT2D eigenvalue weighted by molar-refractivity contribution is 7.89. The molecule has 0 aliphatic carbocycles. The summed E-state index contributed by atoms with van der Waals surface area (Å²) in [6, 6.07) is 6.66. The third-order valence-corrected chi connectivity index (χ3v) is 7.18. The zero-order valence-electron chi connectivity index (χ0n) is 15.6. The Labute approximate surface area is 156 Å². The lowest BCUT2D eigenvalue weighted by Crippen LogP contribution is -2.44. The first-order valence-electron chi connectivity index (χ1n) is 9.46. The maximum Gasteiger partial charge on any atom is 0.254 e. The van der Waals surface area contributed by atoms with E-state index in [0.717, 1.165) is 32.2 Å². The smallest absolute Gasteiger partial charge is 0.254 e. The van der Waals surface area contributed by atoms with E-state index in [1.54, 1.807) is 24.3 Å². The monoisotopic (exact) mass is 380 g/mol. The van der Waals surface area contributed by atoms with Crippen LogP contribution in [0.1, 0.15) is 49.9 Å². The summed E-state index contributed by atoms with van der Waals surface area (Å²) in [6.45, 7) is 5.88. The Morgan fingerprint density at radius 2 is 1.92 bits per heavy atom. The fourth-order valence-electron chi connectivity index (χ4n) is 3.78. The normalized spacial score (nSPS) is 25.2. The van der Waals surface area contributed by atoms with E-state index in [1.807, 2.05) is 11.8 Å². The highest BCUT2D eigenvalue weighted by Crippen LogP contribution is 2.23. The molecule has 3 rings (SSSR count). The van der Waals surface area contributed by atoms with Crippen LogP contribution >= 0.6 is 0 Å². The van der Waals surface area contributed by atoms with Crippen LogP contribution < -0.4 is 0 Å². The van der Waals surface area contributed by atoms with Crippen molar-refractivity contribution < 1.29 is 17.9 Å². The minimum Gasteiger partial charge on any atom is -0.376 e. The zero-order valence-corrected chi connectivity index (χ0v) is 16.4. The standard InChI is InChI=1S/C19H28N2O4S/c1-3-17-6-4-5-11-21(17)19(22)16-7-9-18(10-8-16)26(23,24)20-12-13-25-15(2)14-20/h7-10,15,17H,3-6,11-14H2,1-2H3. The highest BCUT2D eigenvalue weighted by Gasteiger charge is 2.30. The molecule has 1 amide bonds. The second-order valence-electron chi connectivity index (χ2n) is 7.13. The summed E-state index contributed by atoms with van der Waals surface area (Å²) in [7, 11) is -3.55. The number of hydrogen-bond acceptors (Lipinski definition) is 4. The number of nitrogens with zero attached hydrogens (tertiary/aromatic N) is 2. The molecule has 0 radical (unpaired) electrons. The van der Waals surface area contributed by atoms with Gasteiger partial charge in [0.15, 0.2) is 0 Å². The van der Waals surface area contributed by atoms with E-state index in [2.05, 4.69) is 6.92 Å². The summed E-state index contributed by atoms with van der Waals surface area (Å²) in [5.74, 6) is 0.000456. The summed E-state index contributed by atoms with van der Waals surface area (Å²) in [5, 5.41) is 0. The molecule has 6 nitrogen and oxygen atoms in total. The van der Waals surface area contributed by atoms with E-state index in [-0.39, 0.29) is 22.9 Å². The first-order chi connectivity index (χ1) is 12.4. The maximum atomic E-state index is 12.8. The van der Waals surface area contributed by atoms with Gasteiger partial charge in [0, 0.05) is 31.2 Å². The fourth-order valence-corrected chi connectivity index (χ4v) is 5.28. The van der Waals surface area contributed by atoms with E-state index < -0.39 is 10.0 Å². The predicted molar refractivity (Wildman–Crippen MR) is 99.6 cm³/mol. The molecule has 0 saturated carbocycles. The first-order valence-corrected chi connectivity index (χ1v) is 10.9. The van der Waals surface area contributed by atoms with Gasteiger partial charge in [-0.2, -0.15) is 4.31 Å². The first kappa shape index (κ1) is 19.3. The largest absolute Gasteiger partial charge is 0.376 e. The summed E-state index contributed by atoms with van der Waals surface area (Å²) in [4.78, 5) is 15.0. The Morgan fingerprint density at radius 3 is 2.58 bits per heavy atom. The van der Waals surface area contributed by atoms with Gasteiger partial charge in [-0.25, -0.2) is 8.42 Å². The number of amides is 1. The van der Waals surface area contributed by atoms with Crippen LogP contribution in [-0.2, 0) is 14.8 Å². The fraction of sp³-hybridized carbons (Fsp3) is 0.632. The number of rotatable bonds is 4. The SMILES string of the molecule is CCC1CCCCN1C(=O)c1ccc(S(=O)(=O)N2CCOC(C)C2)cc1. The van der Waals surface area contributed by atoms with Gasteiger partial charge in [-0.3, -0.25) is 4.79 Å². The zero-order chi connectivity index (χ0) is 18.7. The van der Waals surface area contributed by atoms with Crippen molar-refractivity contribution >= 4 is 15.9 Å². The van der Waals surface area contributed by atoms with Gasteiger partial charge in [0.2, 0.25) is 10.0 Å². The molecule has 0 bridgehead atoms. The number of likely N-dealkylation sites (tertiary alicyclic amines) is 1. The van der Waals surface area contributed by atoms with Crippen molar-refractivity contribution in [2.24, 2.45) is 0 Å². The second-order valence-corrected chi connectivity index (χ2v) is 9.06. The minimum atomic E-state index is -3.55. The van der Waals surface area contributed by atoms with Crippen molar-refractivity contribution in [3.8, 4) is 0 Å². The Hall–Kier alpha value is -1.44. The molecule has 1 aromatic carbocycles. The van der Waals surface area contributed by atoms with Crippen LogP contribution in [0.2, 0.25) is 0 Å². The molecule has 144 valence electrons. The Bertz CT molecular complexity index is 732. The maximum absolute atomic E-state index is 12.8. The summed E-state index contributed by atoms with van der Waals surface area (Å²) in [5.41, 5.74) is 0.555. The number of carbonyl (C=O) groups excluding carboxylic acids is 1. The second kappa shape index (κ2) is 8.06. The van der Waals surface area contributed by atoms with E-state index in [0.29, 0.717) is 25.3 Å². The molecule has 0 N–H and O–H groups in total. The topological polar surface area (TPSA) is 66.9 Å². The highest BCUT2D eigenvalue weighted by atomic mass is 32.2. The van der Waals surface area contributed by atoms with Gasteiger partial charge in [0.05, 0.1) is 17.6 Å². The van der Waals surface area contributed by atoms with Crippen LogP contribution in [0, 0.1) is 0 Å². The van der Waals surface area contributed by atoms with Gasteiger partial charge in [0.25, 0.3) is 5.91 Å². The molecule has 2 aliphatic rings. The minimum absolute atomic E-state index is 0.000456. The molecular formula is C19H28N2O4S. The molecule has 7 heteroatoms. The van der Waals surface area contributed by atoms with Crippen molar-refractivity contribution in [1.82, 2.24) is 9.21 Å². The van der Waals surface area contributed by atoms with Crippen LogP contribution in [0.25, 0.3) is 0 Å². The Kier molecular flexibility index (Phi) is 5.99. The molecule has 26 heavy (non-hydrogen) atoms. The average molecular weight is 381 g/mol. The van der Waals surface area contributed by atoms with Gasteiger partial charge in [-0.15, -0.1) is 0 Å². The van der Waals surface area contributed by atoms with Crippen molar-refractivity contribution in [2.75, 3.05) is 26.2 Å². The van der Waals surface area contributed by atoms with Gasteiger partial charge >= 0.3 is 0 Å². The molecule has 2 heterocycles. The number of benzene rings is 1. The van der Waals surface area contributed by atoms with E-state index >= 15 is 0 Å². The number of ether oxygens (including phenoxy) is 1. The molecule has 0 aromatic heterocycles. The van der Waals surface area contributed by atoms with Crippen LogP contribution in [0.3, 0.4) is 0 Å². The average Bonchev–Trinajstić information content (AvgIpc) is 2.67. The quantitative estimate of drug-likeness (QED) is 0.805. The van der Waals surface area contributed by atoms with Crippen LogP contribution in [-0.4, -0.2) is 61.9 Å². The number of morpholine rings is 1. The molecular weight excluding hydrogens is 352 g/mol. The lowest BCUT2D eigenvalue weighted by atomic mass is 9.99. The van der Waals surface area contributed by atoms with Crippen molar-refractivity contribution in [3.05, 3.63) is 29.8 Å². The van der Waals surface area contributed by atoms with Gasteiger partial charge in [0.1, 0.15) is 0 Å². The summed E-state index contributed by atoms with van der Waals surface area (Å²) in [6.07, 6.45) is 4.09. The predicted octanol–water partition coefficient (Wildman–Crippen LogP) is 2.50.